The smallest absolute Gasteiger partial charge is 0.355 e. The first kappa shape index (κ1) is 19.4. The SMILES string of the molecule is O=C(O)c1csc(C2CCC3C(CC(O)C3CCCOc3ccccc3)O2)n1. The molecule has 7 heteroatoms. The lowest BCUT2D eigenvalue weighted by molar-refractivity contribution is -0.0796. The molecule has 28 heavy (non-hydrogen) atoms. The number of carbonyl (C=O) groups is 1. The molecule has 0 bridgehead atoms. The van der Waals surface area contributed by atoms with Crippen LogP contribution in [0.2, 0.25) is 0 Å². The van der Waals surface area contributed by atoms with Crippen LogP contribution in [-0.2, 0) is 4.74 Å². The molecule has 0 spiro atoms. The number of carboxylic acid groups (broad SMARTS) is 1. The van der Waals surface area contributed by atoms with Crippen LogP contribution in [0.25, 0.3) is 0 Å². The van der Waals surface area contributed by atoms with Gasteiger partial charge in [-0.3, -0.25) is 0 Å². The summed E-state index contributed by atoms with van der Waals surface area (Å²) in [6.07, 6.45) is 3.76. The molecule has 2 aromatic rings. The van der Waals surface area contributed by atoms with E-state index in [0.29, 0.717) is 18.9 Å². The minimum atomic E-state index is -1.01. The highest BCUT2D eigenvalue weighted by atomic mass is 32.1. The van der Waals surface area contributed by atoms with E-state index in [0.717, 1.165) is 36.4 Å². The second kappa shape index (κ2) is 8.59. The van der Waals surface area contributed by atoms with Gasteiger partial charge in [0.15, 0.2) is 5.69 Å². The maximum Gasteiger partial charge on any atom is 0.355 e. The summed E-state index contributed by atoms with van der Waals surface area (Å²) in [5.74, 6) is 0.448. The summed E-state index contributed by atoms with van der Waals surface area (Å²) in [7, 11) is 0. The van der Waals surface area contributed by atoms with Crippen LogP contribution in [0, 0.1) is 11.8 Å². The monoisotopic (exact) mass is 403 g/mol. The minimum absolute atomic E-state index is 0.0194. The van der Waals surface area contributed by atoms with Crippen molar-refractivity contribution in [3.63, 3.8) is 0 Å². The highest BCUT2D eigenvalue weighted by Crippen LogP contribution is 2.47. The van der Waals surface area contributed by atoms with Gasteiger partial charge in [0, 0.05) is 11.8 Å². The van der Waals surface area contributed by atoms with Crippen molar-refractivity contribution in [1.29, 1.82) is 0 Å². The number of nitrogens with zero attached hydrogens (tertiary/aromatic N) is 1. The van der Waals surface area contributed by atoms with Crippen molar-refractivity contribution in [3.05, 3.63) is 46.4 Å². The third-order valence-corrected chi connectivity index (χ3v) is 6.74. The number of aromatic nitrogens is 1. The molecule has 150 valence electrons. The van der Waals surface area contributed by atoms with E-state index >= 15 is 0 Å². The molecule has 2 aliphatic rings. The number of thiazole rings is 1. The fourth-order valence-corrected chi connectivity index (χ4v) is 5.34. The Labute approximate surface area is 168 Å². The van der Waals surface area contributed by atoms with Crippen molar-refractivity contribution < 1.29 is 24.5 Å². The van der Waals surface area contributed by atoms with Crippen molar-refractivity contribution in [2.75, 3.05) is 6.61 Å². The lowest BCUT2D eigenvalue weighted by atomic mass is 9.84. The predicted molar refractivity (Wildman–Crippen MR) is 105 cm³/mol. The topological polar surface area (TPSA) is 88.9 Å². The average Bonchev–Trinajstić information content (AvgIpc) is 3.30. The first-order valence-electron chi connectivity index (χ1n) is 9.82. The number of aliphatic hydroxyl groups is 1. The zero-order valence-electron chi connectivity index (χ0n) is 15.6. The van der Waals surface area contributed by atoms with Gasteiger partial charge in [0.05, 0.1) is 18.8 Å². The summed E-state index contributed by atoms with van der Waals surface area (Å²) >= 11 is 1.34. The number of benzene rings is 1. The summed E-state index contributed by atoms with van der Waals surface area (Å²) < 4.78 is 12.0. The summed E-state index contributed by atoms with van der Waals surface area (Å²) in [5.41, 5.74) is 0.0773. The van der Waals surface area contributed by atoms with Gasteiger partial charge in [-0.1, -0.05) is 18.2 Å². The van der Waals surface area contributed by atoms with Crippen molar-refractivity contribution in [2.24, 2.45) is 11.8 Å². The second-order valence-electron chi connectivity index (χ2n) is 7.55. The van der Waals surface area contributed by atoms with Crippen LogP contribution < -0.4 is 4.74 Å². The van der Waals surface area contributed by atoms with Crippen LogP contribution in [-0.4, -0.2) is 40.0 Å². The molecule has 1 aromatic heterocycles. The first-order valence-corrected chi connectivity index (χ1v) is 10.7. The van der Waals surface area contributed by atoms with Gasteiger partial charge < -0.3 is 19.7 Å². The molecule has 1 saturated heterocycles. The highest BCUT2D eigenvalue weighted by Gasteiger charge is 2.46. The number of aromatic carboxylic acids is 1. The van der Waals surface area contributed by atoms with E-state index in [1.807, 2.05) is 30.3 Å². The van der Waals surface area contributed by atoms with E-state index in [1.54, 1.807) is 5.38 Å². The molecule has 5 atom stereocenters. The molecule has 6 nitrogen and oxygen atoms in total. The molecule has 2 fully saturated rings. The Hall–Kier alpha value is -1.96. The van der Waals surface area contributed by atoms with Crippen LogP contribution in [0.1, 0.15) is 53.7 Å². The third kappa shape index (κ3) is 4.21. The van der Waals surface area contributed by atoms with Crippen molar-refractivity contribution in [3.8, 4) is 5.75 Å². The molecular weight excluding hydrogens is 378 g/mol. The summed E-state index contributed by atoms with van der Waals surface area (Å²) in [6.45, 7) is 0.644. The predicted octanol–water partition coefficient (Wildman–Crippen LogP) is 3.92. The van der Waals surface area contributed by atoms with Gasteiger partial charge >= 0.3 is 5.97 Å². The second-order valence-corrected chi connectivity index (χ2v) is 8.44. The lowest BCUT2D eigenvalue weighted by Gasteiger charge is -2.34. The normalized spacial score (nSPS) is 29.4. The lowest BCUT2D eigenvalue weighted by Crippen LogP contribution is -2.30. The Morgan fingerprint density at radius 1 is 1.29 bits per heavy atom. The first-order chi connectivity index (χ1) is 13.6. The fourth-order valence-electron chi connectivity index (χ4n) is 4.48. The standard InChI is InChI=1S/C21H25NO5S/c23-17-11-19-15(14(17)7-4-10-26-13-5-2-1-3-6-13)8-9-18(27-19)20-22-16(12-28-20)21(24)25/h1-3,5-6,12,14-15,17-19,23H,4,7-11H2,(H,24,25). The minimum Gasteiger partial charge on any atom is -0.494 e. The molecule has 5 unspecified atom stereocenters. The van der Waals surface area contributed by atoms with Crippen molar-refractivity contribution >= 4 is 17.3 Å². The van der Waals surface area contributed by atoms with E-state index in [-0.39, 0.29) is 29.9 Å². The number of hydrogen-bond donors (Lipinski definition) is 2. The molecule has 1 saturated carbocycles. The fraction of sp³-hybridized carbons (Fsp3) is 0.524. The molecule has 0 radical (unpaired) electrons. The van der Waals surface area contributed by atoms with Gasteiger partial charge in [-0.15, -0.1) is 11.3 Å². The number of rotatable bonds is 7. The molecule has 2 heterocycles. The molecule has 0 amide bonds. The number of ether oxygens (including phenoxy) is 2. The van der Waals surface area contributed by atoms with Crippen LogP contribution >= 0.6 is 11.3 Å². The highest BCUT2D eigenvalue weighted by molar-refractivity contribution is 7.09. The van der Waals surface area contributed by atoms with Crippen molar-refractivity contribution in [2.45, 2.75) is 50.4 Å². The molecule has 4 rings (SSSR count). The number of hydrogen-bond acceptors (Lipinski definition) is 6. The van der Waals surface area contributed by atoms with Crippen LogP contribution in [0.4, 0.5) is 0 Å². The van der Waals surface area contributed by atoms with Crippen LogP contribution in [0.5, 0.6) is 5.75 Å². The van der Waals surface area contributed by atoms with E-state index in [9.17, 15) is 9.90 Å². The van der Waals surface area contributed by atoms with Gasteiger partial charge in [0.2, 0.25) is 0 Å². The summed E-state index contributed by atoms with van der Waals surface area (Å²) in [4.78, 5) is 15.2. The van der Waals surface area contributed by atoms with Gasteiger partial charge in [-0.2, -0.15) is 0 Å². The van der Waals surface area contributed by atoms with E-state index < -0.39 is 5.97 Å². The number of carboxylic acids is 1. The Balaban J connectivity index is 1.29. The maximum atomic E-state index is 11.0. The zero-order valence-corrected chi connectivity index (χ0v) is 16.4. The van der Waals surface area contributed by atoms with Crippen LogP contribution in [0.3, 0.4) is 0 Å². The largest absolute Gasteiger partial charge is 0.494 e. The average molecular weight is 404 g/mol. The molecule has 1 aliphatic carbocycles. The quantitative estimate of drug-likeness (QED) is 0.681. The Morgan fingerprint density at radius 2 is 2.11 bits per heavy atom. The van der Waals surface area contributed by atoms with Gasteiger partial charge in [-0.25, -0.2) is 9.78 Å². The molecule has 2 N–H and O–H groups in total. The van der Waals surface area contributed by atoms with E-state index in [2.05, 4.69) is 4.98 Å². The van der Waals surface area contributed by atoms with Gasteiger partial charge in [-0.05, 0) is 49.7 Å². The molecular formula is C21H25NO5S. The van der Waals surface area contributed by atoms with Gasteiger partial charge in [0.25, 0.3) is 0 Å². The summed E-state index contributed by atoms with van der Waals surface area (Å²) in [6, 6.07) is 9.77. The van der Waals surface area contributed by atoms with Crippen LogP contribution in [0.15, 0.2) is 35.7 Å². The van der Waals surface area contributed by atoms with Gasteiger partial charge in [0.1, 0.15) is 16.9 Å². The van der Waals surface area contributed by atoms with E-state index in [4.69, 9.17) is 14.6 Å². The maximum absolute atomic E-state index is 11.0. The third-order valence-electron chi connectivity index (χ3n) is 5.81. The van der Waals surface area contributed by atoms with E-state index in [1.165, 1.54) is 11.3 Å². The Kier molecular flexibility index (Phi) is 5.94. The number of aliphatic hydroxyl groups excluding tert-OH is 1. The number of para-hydroxylation sites is 1. The Bertz CT molecular complexity index is 795. The molecule has 1 aromatic carbocycles. The molecule has 1 aliphatic heterocycles. The Morgan fingerprint density at radius 3 is 2.86 bits per heavy atom. The zero-order chi connectivity index (χ0) is 19.5. The summed E-state index contributed by atoms with van der Waals surface area (Å²) in [5, 5.41) is 21.9. The number of fused-ring (bicyclic) bond motifs is 1. The van der Waals surface area contributed by atoms with Crippen molar-refractivity contribution in [1.82, 2.24) is 4.98 Å².